The zero-order valence-corrected chi connectivity index (χ0v) is 12.4. The van der Waals surface area contributed by atoms with E-state index in [9.17, 15) is 0 Å². The molecule has 0 atom stereocenters. The van der Waals surface area contributed by atoms with E-state index in [2.05, 4.69) is 38.7 Å². The van der Waals surface area contributed by atoms with Crippen LogP contribution in [0.3, 0.4) is 0 Å². The molecule has 0 N–H and O–H groups in total. The summed E-state index contributed by atoms with van der Waals surface area (Å²) in [6.45, 7) is 0. The van der Waals surface area contributed by atoms with E-state index in [0.29, 0.717) is 0 Å². The molecule has 0 amide bonds. The number of hydrogen-bond acceptors (Lipinski definition) is 5. The Morgan fingerprint density at radius 2 is 1.45 bits per heavy atom. The van der Waals surface area contributed by atoms with E-state index in [-0.39, 0.29) is 0 Å². The molecule has 0 spiro atoms. The summed E-state index contributed by atoms with van der Waals surface area (Å²) in [6.07, 6.45) is 0. The van der Waals surface area contributed by atoms with E-state index in [4.69, 9.17) is 18.6 Å². The van der Waals surface area contributed by atoms with Crippen LogP contribution in [0.2, 0.25) is 0 Å². The number of fused-ring (bicyclic) bond motifs is 1. The zero-order chi connectivity index (χ0) is 15.5. The molecule has 0 fully saturated rings. The minimum Gasteiger partial charge on any atom is -0.342 e. The van der Waals surface area contributed by atoms with Crippen LogP contribution in [-0.2, 0) is 0 Å². The normalized spacial score (nSPS) is 13.2. The third-order valence-corrected chi connectivity index (χ3v) is 2.47. The second-order valence-corrected chi connectivity index (χ2v) is 5.23. The molecule has 0 aliphatic carbocycles. The SMILES string of the molecule is CN(C)C1=NC(=[N+](C)C)c2ccccc21.[O-][Cl+3]([O-])([O-])[O-]. The van der Waals surface area contributed by atoms with Crippen molar-refractivity contribution in [3.05, 3.63) is 35.4 Å². The Morgan fingerprint density at radius 3 is 1.85 bits per heavy atom. The van der Waals surface area contributed by atoms with Gasteiger partial charge in [-0.3, -0.25) is 4.58 Å². The van der Waals surface area contributed by atoms with Crippen molar-refractivity contribution in [1.82, 2.24) is 4.90 Å². The van der Waals surface area contributed by atoms with Crippen molar-refractivity contribution in [2.45, 2.75) is 0 Å². The predicted octanol–water partition coefficient (Wildman–Crippen LogP) is -3.73. The molecule has 1 aliphatic heterocycles. The Bertz CT molecular complexity index is 540. The van der Waals surface area contributed by atoms with Crippen molar-refractivity contribution < 1.29 is 33.5 Å². The highest BCUT2D eigenvalue weighted by Crippen LogP contribution is 2.19. The monoisotopic (exact) mass is 301 g/mol. The van der Waals surface area contributed by atoms with Gasteiger partial charge in [-0.15, -0.1) is 10.2 Å². The van der Waals surface area contributed by atoms with Gasteiger partial charge in [-0.1, -0.05) is 12.1 Å². The van der Waals surface area contributed by atoms with E-state index >= 15 is 0 Å². The van der Waals surface area contributed by atoms with Gasteiger partial charge in [-0.2, -0.15) is 0 Å². The fraction of sp³-hybridized carbons (Fsp3) is 0.333. The molecule has 1 aromatic carbocycles. The summed E-state index contributed by atoms with van der Waals surface area (Å²) in [7, 11) is 3.14. The molecule has 0 saturated carbocycles. The molecule has 1 aliphatic rings. The summed E-state index contributed by atoms with van der Waals surface area (Å²) >= 11 is 0. The lowest BCUT2D eigenvalue weighted by molar-refractivity contribution is -2.00. The average Bonchev–Trinajstić information content (AvgIpc) is 2.66. The lowest BCUT2D eigenvalue weighted by Gasteiger charge is -2.17. The first-order valence-electron chi connectivity index (χ1n) is 5.63. The van der Waals surface area contributed by atoms with Gasteiger partial charge in [0.25, 0.3) is 5.84 Å². The molecule has 110 valence electrons. The second-order valence-electron chi connectivity index (χ2n) is 4.47. The molecule has 0 aromatic heterocycles. The number of aliphatic imine (C=N–C) groups is 1. The van der Waals surface area contributed by atoms with Crippen molar-refractivity contribution in [3.63, 3.8) is 0 Å². The number of hydrogen-bond donors (Lipinski definition) is 0. The summed E-state index contributed by atoms with van der Waals surface area (Å²) in [5.74, 6) is 2.07. The first kappa shape index (κ1) is 16.5. The van der Waals surface area contributed by atoms with Crippen LogP contribution < -0.4 is 18.6 Å². The number of halogens is 1. The maximum Gasteiger partial charge on any atom is 0.328 e. The van der Waals surface area contributed by atoms with Crippen LogP contribution in [0.4, 0.5) is 0 Å². The highest BCUT2D eigenvalue weighted by atomic mass is 35.7. The molecule has 7 nitrogen and oxygen atoms in total. The molecule has 0 bridgehead atoms. The Balaban J connectivity index is 0.000000347. The minimum atomic E-state index is -4.94. The van der Waals surface area contributed by atoms with Gasteiger partial charge in [0.15, 0.2) is 0 Å². The fourth-order valence-corrected chi connectivity index (χ4v) is 1.78. The Kier molecular flexibility index (Phi) is 5.21. The molecule has 1 heterocycles. The van der Waals surface area contributed by atoms with Gasteiger partial charge in [0.2, 0.25) is 0 Å². The molecule has 0 radical (unpaired) electrons. The first-order chi connectivity index (χ1) is 9.11. The van der Waals surface area contributed by atoms with Gasteiger partial charge >= 0.3 is 5.84 Å². The zero-order valence-electron chi connectivity index (χ0n) is 11.7. The van der Waals surface area contributed by atoms with Crippen LogP contribution >= 0.6 is 0 Å². The molecule has 8 heteroatoms. The molecule has 2 rings (SSSR count). The van der Waals surface area contributed by atoms with Gasteiger partial charge in [-0.05, 0) is 17.1 Å². The Hall–Kier alpha value is -1.51. The van der Waals surface area contributed by atoms with E-state index in [1.165, 1.54) is 11.1 Å². The summed E-state index contributed by atoms with van der Waals surface area (Å²) < 4.78 is 36.0. The van der Waals surface area contributed by atoms with Crippen LogP contribution in [-0.4, -0.2) is 49.3 Å². The van der Waals surface area contributed by atoms with Crippen LogP contribution in [0.15, 0.2) is 29.3 Å². The van der Waals surface area contributed by atoms with Gasteiger partial charge < -0.3 is 4.90 Å². The van der Waals surface area contributed by atoms with Crippen LogP contribution in [0.5, 0.6) is 0 Å². The second kappa shape index (κ2) is 6.29. The number of rotatable bonds is 0. The maximum absolute atomic E-state index is 8.49. The van der Waals surface area contributed by atoms with Gasteiger partial charge in [0.05, 0.1) is 25.2 Å². The Morgan fingerprint density at radius 1 is 1.00 bits per heavy atom. The minimum absolute atomic E-state index is 1.04. The third-order valence-electron chi connectivity index (χ3n) is 2.47. The number of benzene rings is 1. The van der Waals surface area contributed by atoms with E-state index < -0.39 is 10.2 Å². The highest BCUT2D eigenvalue weighted by Gasteiger charge is 2.30. The van der Waals surface area contributed by atoms with Crippen LogP contribution in [0.25, 0.3) is 0 Å². The first-order valence-corrected chi connectivity index (χ1v) is 6.86. The van der Waals surface area contributed by atoms with Crippen molar-refractivity contribution in [2.75, 3.05) is 28.2 Å². The average molecular weight is 302 g/mol. The van der Waals surface area contributed by atoms with Crippen molar-refractivity contribution in [2.24, 2.45) is 4.99 Å². The largest absolute Gasteiger partial charge is 0.342 e. The molecule has 20 heavy (non-hydrogen) atoms. The molecule has 1 aromatic rings. The maximum atomic E-state index is 8.49. The van der Waals surface area contributed by atoms with Gasteiger partial charge in [0, 0.05) is 14.1 Å². The fourth-order valence-electron chi connectivity index (χ4n) is 1.78. The standard InChI is InChI=1S/C12H16N3.ClHO4/c1-14(2)11-9-7-5-6-8-10(9)12(13-11)15(3)4;2-1(3,4)5/h5-8H,1-4H3;(H,2,3,4,5)/q+1;/p-1. The topological polar surface area (TPSA) is 111 Å². The summed E-state index contributed by atoms with van der Waals surface area (Å²) in [4.78, 5) is 6.69. The van der Waals surface area contributed by atoms with Crippen molar-refractivity contribution in [1.29, 1.82) is 0 Å². The van der Waals surface area contributed by atoms with Gasteiger partial charge in [0.1, 0.15) is 0 Å². The van der Waals surface area contributed by atoms with Crippen molar-refractivity contribution in [3.8, 4) is 0 Å². The van der Waals surface area contributed by atoms with Crippen LogP contribution in [0, 0.1) is 10.2 Å². The predicted molar refractivity (Wildman–Crippen MR) is 62.9 cm³/mol. The van der Waals surface area contributed by atoms with Gasteiger partial charge in [-0.25, -0.2) is 18.6 Å². The van der Waals surface area contributed by atoms with E-state index in [1.807, 2.05) is 28.2 Å². The highest BCUT2D eigenvalue weighted by molar-refractivity contribution is 6.20. The molecule has 0 saturated heterocycles. The van der Waals surface area contributed by atoms with E-state index in [1.54, 1.807) is 0 Å². The van der Waals surface area contributed by atoms with Crippen molar-refractivity contribution >= 4 is 11.7 Å². The molecular formula is C12H16ClN3O4. The summed E-state index contributed by atoms with van der Waals surface area (Å²) in [6, 6.07) is 8.34. The third kappa shape index (κ3) is 4.55. The van der Waals surface area contributed by atoms with E-state index in [0.717, 1.165) is 11.7 Å². The lowest BCUT2D eigenvalue weighted by atomic mass is 10.1. The Labute approximate surface area is 119 Å². The quantitative estimate of drug-likeness (QED) is 0.457. The summed E-state index contributed by atoms with van der Waals surface area (Å²) in [5.41, 5.74) is 2.43. The number of amidine groups is 2. The van der Waals surface area contributed by atoms with Crippen LogP contribution in [0.1, 0.15) is 11.1 Å². The summed E-state index contributed by atoms with van der Waals surface area (Å²) in [5, 5.41) is 0. The lowest BCUT2D eigenvalue weighted by Crippen LogP contribution is -2.68. The smallest absolute Gasteiger partial charge is 0.328 e. The molecule has 0 unspecified atom stereocenters. The number of nitrogens with zero attached hydrogens (tertiary/aromatic N) is 3. The molecular weight excluding hydrogens is 286 g/mol.